The fraction of sp³-hybridized carbons (Fsp3) is 0.867. The van der Waals surface area contributed by atoms with Gasteiger partial charge in [0.25, 0.3) is 0 Å². The maximum Gasteiger partial charge on any atom is 0.342 e. The van der Waals surface area contributed by atoms with Crippen LogP contribution in [0.15, 0.2) is 0 Å². The van der Waals surface area contributed by atoms with Gasteiger partial charge in [0, 0.05) is 5.41 Å². The Hall–Kier alpha value is -1.18. The van der Waals surface area contributed by atoms with E-state index < -0.39 is 46.2 Å². The molecule has 2 bridgehead atoms. The molecule has 4 rings (SSSR count). The number of hydrogen-bond acceptors (Lipinski definition) is 7. The summed E-state index contributed by atoms with van der Waals surface area (Å²) in [4.78, 5) is 24.3. The molecule has 0 aromatic rings. The number of rotatable bonds is 0. The van der Waals surface area contributed by atoms with Crippen LogP contribution in [0.5, 0.6) is 0 Å². The van der Waals surface area contributed by atoms with Crippen LogP contribution < -0.4 is 0 Å². The van der Waals surface area contributed by atoms with Gasteiger partial charge in [0.15, 0.2) is 6.10 Å². The van der Waals surface area contributed by atoms with E-state index in [0.29, 0.717) is 12.8 Å². The first-order valence-corrected chi connectivity index (χ1v) is 7.66. The molecule has 0 aromatic heterocycles. The van der Waals surface area contributed by atoms with E-state index in [1.165, 1.54) is 0 Å². The molecule has 2 saturated carbocycles. The molecule has 2 saturated heterocycles. The van der Waals surface area contributed by atoms with E-state index in [2.05, 4.69) is 0 Å². The third kappa shape index (κ3) is 1.07. The minimum atomic E-state index is -2.08. The van der Waals surface area contributed by atoms with Crippen molar-refractivity contribution >= 4 is 11.9 Å². The standard InChI is InChI=1S/C15H20O7/c1-7-3-4-14(19)12(2)6-21-11(18)15(12,20)8-5-13(7,14)9(16)10(17)22-8/h7-9,16,19-20H,3-6H2,1-2H3. The van der Waals surface area contributed by atoms with Crippen LogP contribution in [0.3, 0.4) is 0 Å². The first-order valence-electron chi connectivity index (χ1n) is 7.66. The molecule has 4 aliphatic rings. The molecule has 0 radical (unpaired) electrons. The predicted octanol–water partition coefficient (Wildman–Crippen LogP) is -0.882. The fourth-order valence-corrected chi connectivity index (χ4v) is 5.66. The Balaban J connectivity index is 2.01. The van der Waals surface area contributed by atoms with Gasteiger partial charge in [-0.1, -0.05) is 6.92 Å². The first-order chi connectivity index (χ1) is 10.1. The number of hydrogen-bond donors (Lipinski definition) is 3. The average molecular weight is 312 g/mol. The number of aliphatic hydroxyl groups is 3. The maximum absolute atomic E-state index is 12.2. The second-order valence-electron chi connectivity index (χ2n) is 7.55. The molecule has 7 unspecified atom stereocenters. The molecule has 1 spiro atoms. The quantitative estimate of drug-likeness (QED) is 0.498. The first kappa shape index (κ1) is 14.4. The highest BCUT2D eigenvalue weighted by atomic mass is 16.6. The molecule has 2 aliphatic heterocycles. The van der Waals surface area contributed by atoms with Crippen LogP contribution in [0.4, 0.5) is 0 Å². The lowest BCUT2D eigenvalue weighted by Gasteiger charge is -2.64. The van der Waals surface area contributed by atoms with Crippen LogP contribution in [0.1, 0.15) is 33.1 Å². The van der Waals surface area contributed by atoms with Gasteiger partial charge in [-0.3, -0.25) is 0 Å². The largest absolute Gasteiger partial charge is 0.463 e. The molecule has 22 heavy (non-hydrogen) atoms. The summed E-state index contributed by atoms with van der Waals surface area (Å²) in [5, 5.41) is 33.1. The van der Waals surface area contributed by atoms with Gasteiger partial charge in [0.05, 0.1) is 11.0 Å². The average Bonchev–Trinajstić information content (AvgIpc) is 2.87. The Morgan fingerprint density at radius 3 is 2.64 bits per heavy atom. The summed E-state index contributed by atoms with van der Waals surface area (Å²) in [7, 11) is 0. The van der Waals surface area contributed by atoms with Crippen LogP contribution in [-0.4, -0.2) is 57.3 Å². The minimum absolute atomic E-state index is 0.0543. The summed E-state index contributed by atoms with van der Waals surface area (Å²) in [5.74, 6) is -1.90. The third-order valence-corrected chi connectivity index (χ3v) is 7.10. The molecule has 4 fully saturated rings. The van der Waals surface area contributed by atoms with E-state index in [0.717, 1.165) is 0 Å². The van der Waals surface area contributed by atoms with Crippen LogP contribution in [0, 0.1) is 16.7 Å². The molecule has 7 nitrogen and oxygen atoms in total. The number of carbonyl (C=O) groups excluding carboxylic acids is 2. The van der Waals surface area contributed by atoms with Crippen molar-refractivity contribution in [2.24, 2.45) is 16.7 Å². The normalized spacial score (nSPS) is 59.6. The zero-order valence-electron chi connectivity index (χ0n) is 12.5. The van der Waals surface area contributed by atoms with Crippen molar-refractivity contribution in [2.45, 2.75) is 56.5 Å². The Morgan fingerprint density at radius 2 is 1.95 bits per heavy atom. The van der Waals surface area contributed by atoms with E-state index >= 15 is 0 Å². The van der Waals surface area contributed by atoms with Gasteiger partial charge >= 0.3 is 11.9 Å². The lowest BCUT2D eigenvalue weighted by atomic mass is 9.44. The maximum atomic E-state index is 12.2. The lowest BCUT2D eigenvalue weighted by Crippen LogP contribution is -2.80. The second-order valence-corrected chi connectivity index (χ2v) is 7.55. The third-order valence-electron chi connectivity index (χ3n) is 7.10. The number of carbonyl (C=O) groups is 2. The summed E-state index contributed by atoms with van der Waals surface area (Å²) in [6.45, 7) is 3.30. The van der Waals surface area contributed by atoms with Crippen molar-refractivity contribution < 1.29 is 34.4 Å². The SMILES string of the molecule is CC1CCC2(O)C13CC(OC(=O)C3O)C1(O)C(=O)OCC12C. The summed E-state index contributed by atoms with van der Waals surface area (Å²) >= 11 is 0. The highest BCUT2D eigenvalue weighted by Crippen LogP contribution is 2.71. The van der Waals surface area contributed by atoms with Crippen molar-refractivity contribution in [3.05, 3.63) is 0 Å². The fourth-order valence-electron chi connectivity index (χ4n) is 5.66. The van der Waals surface area contributed by atoms with Gasteiger partial charge in [0.2, 0.25) is 5.60 Å². The highest BCUT2D eigenvalue weighted by Gasteiger charge is 2.85. The van der Waals surface area contributed by atoms with Crippen LogP contribution >= 0.6 is 0 Å². The van der Waals surface area contributed by atoms with Crippen molar-refractivity contribution in [1.82, 2.24) is 0 Å². The Bertz CT molecular complexity index is 590. The smallest absolute Gasteiger partial charge is 0.342 e. The zero-order valence-corrected chi connectivity index (χ0v) is 12.5. The zero-order chi connectivity index (χ0) is 16.1. The van der Waals surface area contributed by atoms with Crippen molar-refractivity contribution in [2.75, 3.05) is 6.61 Å². The molecule has 2 aliphatic carbocycles. The molecule has 7 heteroatoms. The number of esters is 2. The molecule has 3 N–H and O–H groups in total. The van der Waals surface area contributed by atoms with Crippen molar-refractivity contribution in [3.8, 4) is 0 Å². The van der Waals surface area contributed by atoms with Crippen molar-refractivity contribution in [3.63, 3.8) is 0 Å². The summed E-state index contributed by atoms with van der Waals surface area (Å²) in [5.41, 5.74) is -6.10. The van der Waals surface area contributed by atoms with Crippen LogP contribution in [-0.2, 0) is 19.1 Å². The van der Waals surface area contributed by atoms with E-state index in [1.807, 2.05) is 6.92 Å². The van der Waals surface area contributed by atoms with E-state index in [4.69, 9.17) is 9.47 Å². The number of cyclic esters (lactones) is 1. The number of ether oxygens (including phenoxy) is 2. The molecular weight excluding hydrogens is 292 g/mol. The van der Waals surface area contributed by atoms with Gasteiger partial charge in [-0.2, -0.15) is 0 Å². The summed E-state index contributed by atoms with van der Waals surface area (Å²) < 4.78 is 10.2. The number of aliphatic hydroxyl groups excluding tert-OH is 1. The van der Waals surface area contributed by atoms with E-state index in [1.54, 1.807) is 6.92 Å². The minimum Gasteiger partial charge on any atom is -0.463 e. The second kappa shape index (κ2) is 3.66. The molecule has 7 atom stereocenters. The van der Waals surface area contributed by atoms with E-state index in [-0.39, 0.29) is 18.9 Å². The summed E-state index contributed by atoms with van der Waals surface area (Å²) in [6, 6.07) is 0. The Kier molecular flexibility index (Phi) is 2.40. The topological polar surface area (TPSA) is 113 Å². The molecule has 122 valence electrons. The molecule has 0 aromatic carbocycles. The van der Waals surface area contributed by atoms with Crippen LogP contribution in [0.2, 0.25) is 0 Å². The monoisotopic (exact) mass is 312 g/mol. The highest BCUT2D eigenvalue weighted by molar-refractivity contribution is 5.87. The van der Waals surface area contributed by atoms with Gasteiger partial charge in [0.1, 0.15) is 12.7 Å². The Labute approximate surface area is 127 Å². The van der Waals surface area contributed by atoms with Crippen LogP contribution in [0.25, 0.3) is 0 Å². The van der Waals surface area contributed by atoms with E-state index in [9.17, 15) is 24.9 Å². The Morgan fingerprint density at radius 1 is 1.27 bits per heavy atom. The number of fused-ring (bicyclic) bond motifs is 4. The van der Waals surface area contributed by atoms with Gasteiger partial charge < -0.3 is 24.8 Å². The molecule has 2 heterocycles. The van der Waals surface area contributed by atoms with Gasteiger partial charge in [-0.25, -0.2) is 9.59 Å². The molecule has 0 amide bonds. The predicted molar refractivity (Wildman–Crippen MR) is 70.3 cm³/mol. The van der Waals surface area contributed by atoms with Gasteiger partial charge in [-0.05, 0) is 32.1 Å². The lowest BCUT2D eigenvalue weighted by molar-refractivity contribution is -0.320. The van der Waals surface area contributed by atoms with Crippen molar-refractivity contribution in [1.29, 1.82) is 0 Å². The van der Waals surface area contributed by atoms with Gasteiger partial charge in [-0.15, -0.1) is 0 Å². The molecular formula is C15H20O7. The summed E-state index contributed by atoms with van der Waals surface area (Å²) in [6.07, 6.45) is -1.64.